The summed E-state index contributed by atoms with van der Waals surface area (Å²) in [7, 11) is 0. The van der Waals surface area contributed by atoms with Gasteiger partial charge in [-0.05, 0) is 46.0 Å². The van der Waals surface area contributed by atoms with Crippen molar-refractivity contribution in [1.82, 2.24) is 10.4 Å². The number of hydrogen-bond acceptors (Lipinski definition) is 3. The fourth-order valence-electron chi connectivity index (χ4n) is 2.34. The van der Waals surface area contributed by atoms with E-state index < -0.39 is 0 Å². The smallest absolute Gasteiger partial charge is 0.0805 e. The van der Waals surface area contributed by atoms with Crippen LogP contribution in [0.5, 0.6) is 0 Å². The zero-order valence-corrected chi connectivity index (χ0v) is 11.5. The van der Waals surface area contributed by atoms with Crippen molar-refractivity contribution >= 4 is 0 Å². The van der Waals surface area contributed by atoms with Gasteiger partial charge in [-0.1, -0.05) is 13.8 Å². The molecule has 1 fully saturated rings. The van der Waals surface area contributed by atoms with E-state index in [0.717, 1.165) is 19.0 Å². The van der Waals surface area contributed by atoms with E-state index in [2.05, 4.69) is 45.0 Å². The van der Waals surface area contributed by atoms with Gasteiger partial charge >= 0.3 is 0 Å². The van der Waals surface area contributed by atoms with Crippen LogP contribution in [0.3, 0.4) is 0 Å². The summed E-state index contributed by atoms with van der Waals surface area (Å²) in [6.45, 7) is 12.2. The van der Waals surface area contributed by atoms with Crippen LogP contribution in [0.15, 0.2) is 0 Å². The van der Waals surface area contributed by atoms with Gasteiger partial charge < -0.3 is 0 Å². The molecular weight excluding hydrogens is 200 g/mol. The molecule has 1 saturated heterocycles. The molecule has 0 radical (unpaired) electrons. The standard InChI is InChI=1S/C13H28N2O/c1-10(2)6-7-13-8-12(5)15(11(3)4)9-14-16-13/h10-14H,6-9H2,1-5H3. The van der Waals surface area contributed by atoms with Gasteiger partial charge in [0.1, 0.15) is 0 Å². The van der Waals surface area contributed by atoms with Gasteiger partial charge in [0, 0.05) is 12.1 Å². The molecule has 0 aromatic rings. The summed E-state index contributed by atoms with van der Waals surface area (Å²) in [5.41, 5.74) is 3.11. The third kappa shape index (κ3) is 4.40. The van der Waals surface area contributed by atoms with Crippen molar-refractivity contribution < 1.29 is 4.84 Å². The number of hydroxylamine groups is 1. The Morgan fingerprint density at radius 1 is 1.31 bits per heavy atom. The summed E-state index contributed by atoms with van der Waals surface area (Å²) < 4.78 is 0. The molecule has 16 heavy (non-hydrogen) atoms. The maximum Gasteiger partial charge on any atom is 0.0805 e. The van der Waals surface area contributed by atoms with E-state index in [1.165, 1.54) is 12.8 Å². The molecule has 0 bridgehead atoms. The molecule has 1 aliphatic heterocycles. The van der Waals surface area contributed by atoms with Crippen LogP contribution in [0.4, 0.5) is 0 Å². The van der Waals surface area contributed by atoms with Gasteiger partial charge in [-0.2, -0.15) is 5.48 Å². The van der Waals surface area contributed by atoms with Crippen molar-refractivity contribution in [1.29, 1.82) is 0 Å². The van der Waals surface area contributed by atoms with Crippen molar-refractivity contribution in [2.45, 2.75) is 72.1 Å². The minimum absolute atomic E-state index is 0.376. The molecule has 1 aliphatic rings. The van der Waals surface area contributed by atoms with E-state index in [4.69, 9.17) is 4.84 Å². The highest BCUT2D eigenvalue weighted by molar-refractivity contribution is 4.76. The van der Waals surface area contributed by atoms with Crippen LogP contribution in [0.2, 0.25) is 0 Å². The predicted octanol–water partition coefficient (Wildman–Crippen LogP) is 2.77. The number of hydrogen-bond donors (Lipinski definition) is 1. The molecule has 1 rings (SSSR count). The molecule has 3 heteroatoms. The lowest BCUT2D eigenvalue weighted by Gasteiger charge is -2.30. The van der Waals surface area contributed by atoms with E-state index in [1.807, 2.05) is 0 Å². The molecule has 1 N–H and O–H groups in total. The van der Waals surface area contributed by atoms with Crippen molar-refractivity contribution in [3.05, 3.63) is 0 Å². The second-order valence-electron chi connectivity index (χ2n) is 5.71. The normalized spacial score (nSPS) is 28.7. The molecule has 0 aromatic heterocycles. The van der Waals surface area contributed by atoms with Gasteiger partial charge in [0.25, 0.3) is 0 Å². The van der Waals surface area contributed by atoms with Gasteiger partial charge in [0.05, 0.1) is 12.8 Å². The van der Waals surface area contributed by atoms with Crippen LogP contribution < -0.4 is 5.48 Å². The van der Waals surface area contributed by atoms with E-state index in [9.17, 15) is 0 Å². The van der Waals surface area contributed by atoms with E-state index in [1.54, 1.807) is 0 Å². The minimum atomic E-state index is 0.376. The SMILES string of the molecule is CC(C)CCC1CC(C)N(C(C)C)CNO1. The molecule has 0 amide bonds. The van der Waals surface area contributed by atoms with E-state index in [0.29, 0.717) is 18.2 Å². The Kier molecular flexibility index (Phi) is 5.73. The molecule has 0 saturated carbocycles. The number of rotatable bonds is 4. The quantitative estimate of drug-likeness (QED) is 0.801. The molecule has 2 unspecified atom stereocenters. The Morgan fingerprint density at radius 2 is 2.00 bits per heavy atom. The summed E-state index contributed by atoms with van der Waals surface area (Å²) in [6, 6.07) is 1.18. The maximum atomic E-state index is 5.71. The third-order valence-corrected chi connectivity index (χ3v) is 3.40. The zero-order chi connectivity index (χ0) is 12.1. The Bertz CT molecular complexity index is 194. The van der Waals surface area contributed by atoms with Crippen LogP contribution in [-0.2, 0) is 4.84 Å². The lowest BCUT2D eigenvalue weighted by atomic mass is 10.00. The average Bonchev–Trinajstić information content (AvgIpc) is 2.36. The zero-order valence-electron chi connectivity index (χ0n) is 11.5. The van der Waals surface area contributed by atoms with Crippen molar-refractivity contribution in [2.75, 3.05) is 6.67 Å². The van der Waals surface area contributed by atoms with Gasteiger partial charge in [0.2, 0.25) is 0 Å². The van der Waals surface area contributed by atoms with Crippen LogP contribution >= 0.6 is 0 Å². The van der Waals surface area contributed by atoms with Crippen LogP contribution in [0.1, 0.15) is 53.9 Å². The third-order valence-electron chi connectivity index (χ3n) is 3.40. The van der Waals surface area contributed by atoms with Gasteiger partial charge in [-0.25, -0.2) is 0 Å². The summed E-state index contributed by atoms with van der Waals surface area (Å²) in [4.78, 5) is 8.17. The summed E-state index contributed by atoms with van der Waals surface area (Å²) in [5.74, 6) is 0.767. The lowest BCUT2D eigenvalue weighted by Crippen LogP contribution is -2.42. The first-order chi connectivity index (χ1) is 7.50. The predicted molar refractivity (Wildman–Crippen MR) is 68.0 cm³/mol. The molecule has 96 valence electrons. The topological polar surface area (TPSA) is 24.5 Å². The summed E-state index contributed by atoms with van der Waals surface area (Å²) in [5, 5.41) is 0. The first kappa shape index (κ1) is 13.9. The van der Waals surface area contributed by atoms with Crippen molar-refractivity contribution in [3.63, 3.8) is 0 Å². The summed E-state index contributed by atoms with van der Waals surface area (Å²) >= 11 is 0. The highest BCUT2D eigenvalue weighted by Crippen LogP contribution is 2.19. The Balaban J connectivity index is 2.41. The van der Waals surface area contributed by atoms with Crippen molar-refractivity contribution in [3.8, 4) is 0 Å². The van der Waals surface area contributed by atoms with E-state index in [-0.39, 0.29) is 0 Å². The molecule has 2 atom stereocenters. The highest BCUT2D eigenvalue weighted by atomic mass is 16.7. The average molecular weight is 228 g/mol. The monoisotopic (exact) mass is 228 g/mol. The second kappa shape index (κ2) is 6.58. The highest BCUT2D eigenvalue weighted by Gasteiger charge is 2.25. The van der Waals surface area contributed by atoms with Crippen LogP contribution in [0.25, 0.3) is 0 Å². The second-order valence-corrected chi connectivity index (χ2v) is 5.71. The first-order valence-electron chi connectivity index (χ1n) is 6.65. The Labute approximate surface area is 100 Å². The largest absolute Gasteiger partial charge is 0.297 e. The number of nitrogens with one attached hydrogen (secondary N) is 1. The molecule has 1 heterocycles. The van der Waals surface area contributed by atoms with Crippen LogP contribution in [-0.4, -0.2) is 29.8 Å². The summed E-state index contributed by atoms with van der Waals surface area (Å²) in [6.07, 6.45) is 3.93. The molecule has 0 aliphatic carbocycles. The Morgan fingerprint density at radius 3 is 2.56 bits per heavy atom. The number of nitrogens with zero attached hydrogens (tertiary/aromatic N) is 1. The minimum Gasteiger partial charge on any atom is -0.297 e. The molecular formula is C13H28N2O. The van der Waals surface area contributed by atoms with Gasteiger partial charge in [-0.15, -0.1) is 0 Å². The van der Waals surface area contributed by atoms with Crippen molar-refractivity contribution in [2.24, 2.45) is 5.92 Å². The lowest BCUT2D eigenvalue weighted by molar-refractivity contribution is -0.0307. The molecule has 3 nitrogen and oxygen atoms in total. The van der Waals surface area contributed by atoms with Crippen LogP contribution in [0, 0.1) is 5.92 Å². The first-order valence-corrected chi connectivity index (χ1v) is 6.65. The fraction of sp³-hybridized carbons (Fsp3) is 1.00. The Hall–Kier alpha value is -0.120. The van der Waals surface area contributed by atoms with Gasteiger partial charge in [-0.3, -0.25) is 9.74 Å². The molecule has 0 spiro atoms. The van der Waals surface area contributed by atoms with Gasteiger partial charge in [0.15, 0.2) is 0 Å². The fourth-order valence-corrected chi connectivity index (χ4v) is 2.34. The maximum absolute atomic E-state index is 5.71. The van der Waals surface area contributed by atoms with E-state index >= 15 is 0 Å². The molecule has 0 aromatic carbocycles.